The van der Waals surface area contributed by atoms with E-state index >= 15 is 0 Å². The molecule has 0 bridgehead atoms. The van der Waals surface area contributed by atoms with Gasteiger partial charge in [-0.25, -0.2) is 0 Å². The van der Waals surface area contributed by atoms with Crippen molar-refractivity contribution in [2.75, 3.05) is 0 Å². The van der Waals surface area contributed by atoms with Crippen LogP contribution in [0.2, 0.25) is 0 Å². The third-order valence-electron chi connectivity index (χ3n) is 1.08. The van der Waals surface area contributed by atoms with Crippen LogP contribution in [0.15, 0.2) is 29.5 Å². The zero-order valence-corrected chi connectivity index (χ0v) is 10.0. The Morgan fingerprint density at radius 1 is 1.20 bits per heavy atom. The fourth-order valence-electron chi connectivity index (χ4n) is 0.747. The minimum Gasteiger partial charge on any atom is -1.00 e. The summed E-state index contributed by atoms with van der Waals surface area (Å²) < 4.78 is 0. The Kier molecular flexibility index (Phi) is 7.59. The molecule has 1 radical (unpaired) electrons. The number of hydrogen-bond donors (Lipinski definition) is 0. The molecule has 0 nitrogen and oxygen atoms in total. The van der Waals surface area contributed by atoms with Crippen LogP contribution in [0.3, 0.4) is 0 Å². The van der Waals surface area contributed by atoms with Crippen LogP contribution >= 0.6 is 0 Å². The third kappa shape index (κ3) is 4.06. The molecule has 0 N–H and O–H groups in total. The van der Waals surface area contributed by atoms with Gasteiger partial charge >= 0.3 is 0 Å². The SMILES string of the molecule is C[C]1C=C=CC(C)=C1.[Cl-].[Zn]. The van der Waals surface area contributed by atoms with Crippen LogP contribution in [0.4, 0.5) is 0 Å². The molecule has 0 atom stereocenters. The molecule has 0 fully saturated rings. The average molecular weight is 206 g/mol. The van der Waals surface area contributed by atoms with Gasteiger partial charge in [-0.05, 0) is 24.6 Å². The predicted molar refractivity (Wildman–Crippen MR) is 35.3 cm³/mol. The van der Waals surface area contributed by atoms with Gasteiger partial charge in [0.2, 0.25) is 0 Å². The van der Waals surface area contributed by atoms with Gasteiger partial charge in [-0.2, -0.15) is 0 Å². The van der Waals surface area contributed by atoms with Crippen molar-refractivity contribution in [2.45, 2.75) is 13.8 Å². The van der Waals surface area contributed by atoms with Crippen LogP contribution < -0.4 is 12.4 Å². The number of hydrogen-bond acceptors (Lipinski definition) is 0. The van der Waals surface area contributed by atoms with Crippen LogP contribution in [0.25, 0.3) is 0 Å². The van der Waals surface area contributed by atoms with Crippen molar-refractivity contribution in [3.63, 3.8) is 0 Å². The molecular formula is C8H9ClZn-. The summed E-state index contributed by atoms with van der Waals surface area (Å²) in [6, 6.07) is 0. The zero-order chi connectivity index (χ0) is 5.98. The fourth-order valence-corrected chi connectivity index (χ4v) is 0.747. The summed E-state index contributed by atoms with van der Waals surface area (Å²) in [6.45, 7) is 4.15. The summed E-state index contributed by atoms with van der Waals surface area (Å²) in [7, 11) is 0. The second-order valence-electron chi connectivity index (χ2n) is 2.09. The third-order valence-corrected chi connectivity index (χ3v) is 1.08. The molecule has 2 heteroatoms. The molecule has 51 valence electrons. The van der Waals surface area contributed by atoms with Crippen molar-refractivity contribution in [3.05, 3.63) is 35.5 Å². The van der Waals surface area contributed by atoms with Crippen LogP contribution in [0.5, 0.6) is 0 Å². The second-order valence-corrected chi connectivity index (χ2v) is 2.09. The van der Waals surface area contributed by atoms with Gasteiger partial charge in [0.25, 0.3) is 0 Å². The maximum Gasteiger partial charge on any atom is 0.0243 e. The Hall–Kier alpha value is 0.173. The molecule has 0 saturated heterocycles. The summed E-state index contributed by atoms with van der Waals surface area (Å²) >= 11 is 0. The standard InChI is InChI=1S/C8H9.ClH.Zn/c1-7-4-3-5-8(2)6-7;;/h4-6H,1-2H3;1H;/p-1. The zero-order valence-electron chi connectivity index (χ0n) is 6.32. The summed E-state index contributed by atoms with van der Waals surface area (Å²) in [5.41, 5.74) is 4.31. The number of allylic oxidation sites excluding steroid dienone is 3. The molecule has 0 amide bonds. The van der Waals surface area contributed by atoms with Crippen LogP contribution in [0.1, 0.15) is 13.8 Å². The minimum atomic E-state index is 0. The van der Waals surface area contributed by atoms with Gasteiger partial charge in [-0.15, -0.1) is 5.73 Å². The van der Waals surface area contributed by atoms with E-state index in [4.69, 9.17) is 0 Å². The van der Waals surface area contributed by atoms with Crippen LogP contribution in [0, 0.1) is 5.92 Å². The van der Waals surface area contributed by atoms with E-state index in [1.165, 1.54) is 11.5 Å². The quantitative estimate of drug-likeness (QED) is 0.361. The van der Waals surface area contributed by atoms with Gasteiger partial charge in [0.05, 0.1) is 0 Å². The molecule has 1 aliphatic carbocycles. The molecule has 0 aromatic carbocycles. The molecule has 0 unspecified atom stereocenters. The first-order valence-corrected chi connectivity index (χ1v) is 2.73. The largest absolute Gasteiger partial charge is 1.00 e. The predicted octanol–water partition coefficient (Wildman–Crippen LogP) is -0.747. The van der Waals surface area contributed by atoms with Crippen molar-refractivity contribution in [1.82, 2.24) is 0 Å². The van der Waals surface area contributed by atoms with E-state index in [2.05, 4.69) is 25.7 Å². The van der Waals surface area contributed by atoms with Crippen molar-refractivity contribution < 1.29 is 31.9 Å². The molecular weight excluding hydrogens is 197 g/mol. The molecule has 0 spiro atoms. The maximum absolute atomic E-state index is 3.03. The number of halogens is 1. The normalized spacial score (nSPS) is 15.2. The van der Waals surface area contributed by atoms with E-state index < -0.39 is 0 Å². The van der Waals surface area contributed by atoms with Gasteiger partial charge in [0.15, 0.2) is 0 Å². The van der Waals surface area contributed by atoms with Crippen molar-refractivity contribution in [3.8, 4) is 0 Å². The second kappa shape index (κ2) is 5.92. The smallest absolute Gasteiger partial charge is 0.0243 e. The molecule has 0 aromatic heterocycles. The van der Waals surface area contributed by atoms with Crippen molar-refractivity contribution in [1.29, 1.82) is 0 Å². The maximum atomic E-state index is 3.03. The Morgan fingerprint density at radius 2 is 1.80 bits per heavy atom. The van der Waals surface area contributed by atoms with E-state index in [0.717, 1.165) is 0 Å². The molecule has 0 saturated carbocycles. The van der Waals surface area contributed by atoms with Gasteiger partial charge < -0.3 is 12.4 Å². The first-order chi connectivity index (χ1) is 3.79. The molecule has 1 rings (SSSR count). The number of rotatable bonds is 0. The Balaban J connectivity index is 0. The summed E-state index contributed by atoms with van der Waals surface area (Å²) in [6.07, 6.45) is 6.09. The first-order valence-electron chi connectivity index (χ1n) is 2.73. The van der Waals surface area contributed by atoms with Crippen molar-refractivity contribution >= 4 is 0 Å². The molecule has 1 aliphatic rings. The van der Waals surface area contributed by atoms with E-state index in [-0.39, 0.29) is 31.9 Å². The first kappa shape index (κ1) is 12.8. The molecule has 0 aliphatic heterocycles. The summed E-state index contributed by atoms with van der Waals surface area (Å²) in [5, 5.41) is 0. The van der Waals surface area contributed by atoms with Crippen LogP contribution in [-0.4, -0.2) is 0 Å². The summed E-state index contributed by atoms with van der Waals surface area (Å²) in [5.74, 6) is 1.28. The topological polar surface area (TPSA) is 0 Å². The van der Waals surface area contributed by atoms with Gasteiger partial charge in [-0.1, -0.05) is 13.0 Å². The van der Waals surface area contributed by atoms with E-state index in [1.54, 1.807) is 0 Å². The monoisotopic (exact) mass is 204 g/mol. The molecule has 0 heterocycles. The van der Waals surface area contributed by atoms with Crippen molar-refractivity contribution in [2.24, 2.45) is 0 Å². The minimum absolute atomic E-state index is 0. The van der Waals surface area contributed by atoms with E-state index in [1.807, 2.05) is 12.2 Å². The summed E-state index contributed by atoms with van der Waals surface area (Å²) in [4.78, 5) is 0. The van der Waals surface area contributed by atoms with Gasteiger partial charge in [0.1, 0.15) is 0 Å². The van der Waals surface area contributed by atoms with E-state index in [0.29, 0.717) is 0 Å². The Morgan fingerprint density at radius 3 is 2.10 bits per heavy atom. The average Bonchev–Trinajstić information content (AvgIpc) is 1.64. The fraction of sp³-hybridized carbons (Fsp3) is 0.250. The Bertz CT molecular complexity index is 176. The Labute approximate surface area is 81.3 Å². The van der Waals surface area contributed by atoms with Gasteiger partial charge in [-0.3, -0.25) is 0 Å². The van der Waals surface area contributed by atoms with Gasteiger partial charge in [0, 0.05) is 25.4 Å². The molecule has 10 heavy (non-hydrogen) atoms. The van der Waals surface area contributed by atoms with Crippen LogP contribution in [-0.2, 0) is 19.5 Å². The molecule has 0 aromatic rings. The van der Waals surface area contributed by atoms with E-state index in [9.17, 15) is 0 Å².